The molecular formula is C23H20N4O3. The Morgan fingerprint density at radius 1 is 1.13 bits per heavy atom. The van der Waals surface area contributed by atoms with Crippen LogP contribution in [-0.2, 0) is 11.3 Å². The Kier molecular flexibility index (Phi) is 4.43. The highest BCUT2D eigenvalue weighted by Crippen LogP contribution is 2.39. The molecule has 2 heterocycles. The normalized spacial score (nSPS) is 13.5. The number of carbonyl (C=O) groups excluding carboxylic acids is 1. The van der Waals surface area contributed by atoms with Gasteiger partial charge in [0.15, 0.2) is 5.82 Å². The minimum atomic E-state index is -0.287. The Morgan fingerprint density at radius 3 is 2.63 bits per heavy atom. The summed E-state index contributed by atoms with van der Waals surface area (Å²) in [7, 11) is 1.71. The van der Waals surface area contributed by atoms with Crippen molar-refractivity contribution in [3.63, 3.8) is 0 Å². The van der Waals surface area contributed by atoms with E-state index in [2.05, 4.69) is 10.1 Å². The monoisotopic (exact) mass is 400 g/mol. The molecule has 1 fully saturated rings. The van der Waals surface area contributed by atoms with Crippen LogP contribution in [0.4, 0.5) is 5.69 Å². The molecule has 1 saturated carbocycles. The van der Waals surface area contributed by atoms with Crippen LogP contribution >= 0.6 is 0 Å². The van der Waals surface area contributed by atoms with Gasteiger partial charge in [0.05, 0.1) is 11.1 Å². The quantitative estimate of drug-likeness (QED) is 0.511. The van der Waals surface area contributed by atoms with E-state index in [-0.39, 0.29) is 18.0 Å². The van der Waals surface area contributed by atoms with E-state index in [0.717, 1.165) is 23.9 Å². The molecule has 2 aromatic carbocycles. The summed E-state index contributed by atoms with van der Waals surface area (Å²) >= 11 is 0. The molecule has 0 aliphatic heterocycles. The fourth-order valence-corrected chi connectivity index (χ4v) is 3.56. The number of fused-ring (bicyclic) bond motifs is 1. The fraction of sp³-hybridized carbons (Fsp3) is 0.217. The molecule has 4 aromatic rings. The third-order valence-corrected chi connectivity index (χ3v) is 5.44. The van der Waals surface area contributed by atoms with Crippen LogP contribution < -0.4 is 10.5 Å². The second-order valence-corrected chi connectivity index (χ2v) is 7.52. The van der Waals surface area contributed by atoms with E-state index in [1.165, 1.54) is 10.6 Å². The number of likely N-dealkylation sites (N-methyl/N-ethyl adjacent to an activating group) is 1. The fourth-order valence-electron chi connectivity index (χ4n) is 3.56. The maximum Gasteiger partial charge on any atom is 0.258 e. The number of pyridine rings is 1. The van der Waals surface area contributed by atoms with Crippen LogP contribution in [0, 0.1) is 0 Å². The maximum atomic E-state index is 13.0. The van der Waals surface area contributed by atoms with Gasteiger partial charge in [0.1, 0.15) is 6.54 Å². The molecule has 0 bridgehead atoms. The third-order valence-electron chi connectivity index (χ3n) is 5.44. The Bertz CT molecular complexity index is 1290. The highest BCUT2D eigenvalue weighted by atomic mass is 16.5. The zero-order valence-electron chi connectivity index (χ0n) is 16.5. The smallest absolute Gasteiger partial charge is 0.258 e. The Balaban J connectivity index is 1.54. The van der Waals surface area contributed by atoms with Gasteiger partial charge < -0.3 is 9.42 Å². The molecule has 0 N–H and O–H groups in total. The van der Waals surface area contributed by atoms with Crippen LogP contribution in [0.2, 0.25) is 0 Å². The number of benzene rings is 2. The SMILES string of the molecule is CN(C(=O)Cn1c(=O)cc(-c2nc(C3CC3)no2)c2ccccc21)c1ccccc1. The Hall–Kier alpha value is -3.74. The first-order valence-corrected chi connectivity index (χ1v) is 9.90. The summed E-state index contributed by atoms with van der Waals surface area (Å²) in [5.41, 5.74) is 1.73. The maximum absolute atomic E-state index is 13.0. The first-order valence-electron chi connectivity index (χ1n) is 9.90. The molecule has 7 heteroatoms. The van der Waals surface area contributed by atoms with Gasteiger partial charge in [-0.1, -0.05) is 41.6 Å². The summed E-state index contributed by atoms with van der Waals surface area (Å²) in [6.45, 7) is -0.0673. The van der Waals surface area contributed by atoms with Crippen molar-refractivity contribution >= 4 is 22.5 Å². The standard InChI is InChI=1S/C23H20N4O3/c1-26(16-7-3-2-4-8-16)21(29)14-27-19-10-6-5-9-17(19)18(13-20(27)28)23-24-22(25-30-23)15-11-12-15/h2-10,13,15H,11-12,14H2,1H3. The topological polar surface area (TPSA) is 81.2 Å². The molecule has 7 nitrogen and oxygen atoms in total. The Morgan fingerprint density at radius 2 is 1.87 bits per heavy atom. The first kappa shape index (κ1) is 18.3. The number of para-hydroxylation sites is 2. The van der Waals surface area contributed by atoms with Gasteiger partial charge in [0.2, 0.25) is 5.91 Å². The molecule has 0 radical (unpaired) electrons. The number of anilines is 1. The molecule has 150 valence electrons. The van der Waals surface area contributed by atoms with Crippen LogP contribution in [-0.4, -0.2) is 27.7 Å². The van der Waals surface area contributed by atoms with Crippen molar-refractivity contribution in [1.82, 2.24) is 14.7 Å². The van der Waals surface area contributed by atoms with Crippen molar-refractivity contribution in [1.29, 1.82) is 0 Å². The van der Waals surface area contributed by atoms with Gasteiger partial charge in [-0.2, -0.15) is 4.98 Å². The molecule has 1 amide bonds. The van der Waals surface area contributed by atoms with Crippen molar-refractivity contribution in [2.24, 2.45) is 0 Å². The van der Waals surface area contributed by atoms with E-state index in [0.29, 0.717) is 28.7 Å². The molecule has 0 atom stereocenters. The molecule has 0 saturated heterocycles. The summed E-state index contributed by atoms with van der Waals surface area (Å²) in [5.74, 6) is 1.21. The zero-order valence-corrected chi connectivity index (χ0v) is 16.5. The highest BCUT2D eigenvalue weighted by molar-refractivity contribution is 5.96. The molecule has 0 spiro atoms. The second kappa shape index (κ2) is 7.26. The summed E-state index contributed by atoms with van der Waals surface area (Å²) in [6.07, 6.45) is 2.14. The van der Waals surface area contributed by atoms with Crippen molar-refractivity contribution in [2.45, 2.75) is 25.3 Å². The van der Waals surface area contributed by atoms with Crippen LogP contribution in [0.5, 0.6) is 0 Å². The molecule has 5 rings (SSSR count). The molecule has 2 aromatic heterocycles. The van der Waals surface area contributed by atoms with Crippen molar-refractivity contribution in [3.8, 4) is 11.5 Å². The van der Waals surface area contributed by atoms with Gasteiger partial charge in [-0.05, 0) is 31.0 Å². The van der Waals surface area contributed by atoms with Crippen molar-refractivity contribution in [3.05, 3.63) is 76.8 Å². The molecular weight excluding hydrogens is 380 g/mol. The van der Waals surface area contributed by atoms with E-state index >= 15 is 0 Å². The predicted molar refractivity (Wildman–Crippen MR) is 113 cm³/mol. The lowest BCUT2D eigenvalue weighted by atomic mass is 10.1. The van der Waals surface area contributed by atoms with Crippen LogP contribution in [0.1, 0.15) is 24.6 Å². The van der Waals surface area contributed by atoms with Crippen molar-refractivity contribution in [2.75, 3.05) is 11.9 Å². The molecule has 1 aliphatic rings. The summed E-state index contributed by atoms with van der Waals surface area (Å²) in [6, 6.07) is 18.3. The van der Waals surface area contributed by atoms with E-state index < -0.39 is 0 Å². The molecule has 0 unspecified atom stereocenters. The van der Waals surface area contributed by atoms with E-state index in [4.69, 9.17) is 4.52 Å². The lowest BCUT2D eigenvalue weighted by molar-refractivity contribution is -0.118. The van der Waals surface area contributed by atoms with Gasteiger partial charge >= 0.3 is 0 Å². The minimum Gasteiger partial charge on any atom is -0.334 e. The number of aromatic nitrogens is 3. The number of carbonyl (C=O) groups is 1. The highest BCUT2D eigenvalue weighted by Gasteiger charge is 2.29. The van der Waals surface area contributed by atoms with Crippen LogP contribution in [0.15, 0.2) is 70.0 Å². The van der Waals surface area contributed by atoms with E-state index in [9.17, 15) is 9.59 Å². The zero-order chi connectivity index (χ0) is 20.7. The summed E-state index contributed by atoms with van der Waals surface area (Å²) in [4.78, 5) is 31.9. The number of hydrogen-bond acceptors (Lipinski definition) is 5. The predicted octanol–water partition coefficient (Wildman–Crippen LogP) is 3.59. The largest absolute Gasteiger partial charge is 0.334 e. The third kappa shape index (κ3) is 3.28. The van der Waals surface area contributed by atoms with Gasteiger partial charge in [-0.15, -0.1) is 0 Å². The average Bonchev–Trinajstić information content (AvgIpc) is 3.52. The Labute approximate surface area is 172 Å². The summed E-state index contributed by atoms with van der Waals surface area (Å²) < 4.78 is 6.93. The van der Waals surface area contributed by atoms with Gasteiger partial charge in [0, 0.05) is 30.1 Å². The van der Waals surface area contributed by atoms with E-state index in [1.54, 1.807) is 11.9 Å². The lowest BCUT2D eigenvalue weighted by Crippen LogP contribution is -2.34. The van der Waals surface area contributed by atoms with Gasteiger partial charge in [0.25, 0.3) is 11.4 Å². The molecule has 30 heavy (non-hydrogen) atoms. The van der Waals surface area contributed by atoms with Crippen LogP contribution in [0.25, 0.3) is 22.4 Å². The number of amides is 1. The average molecular weight is 400 g/mol. The van der Waals surface area contributed by atoms with E-state index in [1.807, 2.05) is 54.6 Å². The lowest BCUT2D eigenvalue weighted by Gasteiger charge is -2.19. The second-order valence-electron chi connectivity index (χ2n) is 7.52. The summed E-state index contributed by atoms with van der Waals surface area (Å²) in [5, 5.41) is 4.85. The number of hydrogen-bond donors (Lipinski definition) is 0. The van der Waals surface area contributed by atoms with Gasteiger partial charge in [-0.3, -0.25) is 14.2 Å². The number of rotatable bonds is 5. The van der Waals surface area contributed by atoms with Gasteiger partial charge in [-0.25, -0.2) is 0 Å². The van der Waals surface area contributed by atoms with Crippen LogP contribution in [0.3, 0.4) is 0 Å². The first-order chi connectivity index (χ1) is 14.6. The van der Waals surface area contributed by atoms with Crippen molar-refractivity contribution < 1.29 is 9.32 Å². The number of nitrogens with zero attached hydrogens (tertiary/aromatic N) is 4. The minimum absolute atomic E-state index is 0.0673. The molecule has 1 aliphatic carbocycles.